The van der Waals surface area contributed by atoms with E-state index in [0.717, 1.165) is 0 Å². The normalized spacial score (nSPS) is 15.0. The fourth-order valence-corrected chi connectivity index (χ4v) is 2.80. The second-order valence-corrected chi connectivity index (χ2v) is 6.19. The van der Waals surface area contributed by atoms with Crippen LogP contribution in [0.3, 0.4) is 0 Å². The first kappa shape index (κ1) is 17.9. The molecular weight excluding hydrogens is 338 g/mol. The predicted molar refractivity (Wildman–Crippen MR) is 93.6 cm³/mol. The van der Waals surface area contributed by atoms with E-state index in [-0.39, 0.29) is 30.5 Å². The monoisotopic (exact) mass is 359 g/mol. The summed E-state index contributed by atoms with van der Waals surface area (Å²) in [6.45, 7) is 4.26. The molecule has 0 unspecified atom stereocenters. The van der Waals surface area contributed by atoms with Gasteiger partial charge in [0, 0.05) is 44.5 Å². The number of hydrogen-bond acceptors (Lipinski definition) is 6. The van der Waals surface area contributed by atoms with Crippen molar-refractivity contribution in [3.8, 4) is 0 Å². The molecular formula is C17H21N5O4. The largest absolute Gasteiger partial charge is 0.360 e. The molecule has 26 heavy (non-hydrogen) atoms. The molecule has 3 rings (SSSR count). The Labute approximate surface area is 150 Å². The van der Waals surface area contributed by atoms with Gasteiger partial charge in [-0.15, -0.1) is 0 Å². The van der Waals surface area contributed by atoms with Crippen LogP contribution in [0.5, 0.6) is 0 Å². The van der Waals surface area contributed by atoms with Gasteiger partial charge in [-0.25, -0.2) is 0 Å². The minimum atomic E-state index is -0.195. The lowest BCUT2D eigenvalue weighted by Gasteiger charge is -2.34. The second-order valence-electron chi connectivity index (χ2n) is 6.19. The average Bonchev–Trinajstić information content (AvgIpc) is 3.02. The number of hydrogen-bond donors (Lipinski definition) is 1. The Balaban J connectivity index is 1.45. The molecule has 0 aromatic carbocycles. The Morgan fingerprint density at radius 2 is 1.96 bits per heavy atom. The van der Waals surface area contributed by atoms with Gasteiger partial charge in [0.25, 0.3) is 5.56 Å². The lowest BCUT2D eigenvalue weighted by atomic mass is 10.3. The Hall–Kier alpha value is -2.94. The van der Waals surface area contributed by atoms with Crippen LogP contribution in [0.4, 0.5) is 5.82 Å². The lowest BCUT2D eigenvalue weighted by Crippen LogP contribution is -2.51. The van der Waals surface area contributed by atoms with Gasteiger partial charge in [0.15, 0.2) is 5.82 Å². The zero-order valence-corrected chi connectivity index (χ0v) is 14.6. The van der Waals surface area contributed by atoms with E-state index in [4.69, 9.17) is 4.52 Å². The summed E-state index contributed by atoms with van der Waals surface area (Å²) in [6.07, 6.45) is 1.60. The Bertz CT molecular complexity index is 835. The van der Waals surface area contributed by atoms with E-state index in [1.54, 1.807) is 36.2 Å². The first-order valence-electron chi connectivity index (χ1n) is 8.40. The quantitative estimate of drug-likeness (QED) is 0.802. The third kappa shape index (κ3) is 4.57. The van der Waals surface area contributed by atoms with Crippen LogP contribution in [0.25, 0.3) is 0 Å². The molecule has 9 nitrogen and oxygen atoms in total. The van der Waals surface area contributed by atoms with Crippen molar-refractivity contribution in [1.29, 1.82) is 0 Å². The number of amides is 2. The van der Waals surface area contributed by atoms with Crippen LogP contribution >= 0.6 is 0 Å². The number of aryl methyl sites for hydroxylation is 1. The van der Waals surface area contributed by atoms with E-state index in [9.17, 15) is 14.4 Å². The first-order valence-corrected chi connectivity index (χ1v) is 8.40. The maximum absolute atomic E-state index is 12.3. The maximum Gasteiger partial charge on any atom is 0.250 e. The predicted octanol–water partition coefficient (Wildman–Crippen LogP) is -0.0724. The van der Waals surface area contributed by atoms with Crippen molar-refractivity contribution in [3.63, 3.8) is 0 Å². The van der Waals surface area contributed by atoms with Gasteiger partial charge in [-0.05, 0) is 13.0 Å². The molecule has 0 saturated carbocycles. The van der Waals surface area contributed by atoms with Crippen molar-refractivity contribution in [2.24, 2.45) is 0 Å². The van der Waals surface area contributed by atoms with E-state index in [1.165, 1.54) is 10.6 Å². The third-order valence-corrected chi connectivity index (χ3v) is 4.19. The molecule has 2 aromatic rings. The van der Waals surface area contributed by atoms with Gasteiger partial charge < -0.3 is 19.3 Å². The summed E-state index contributed by atoms with van der Waals surface area (Å²) in [6, 6.07) is 6.45. The summed E-state index contributed by atoms with van der Waals surface area (Å²) >= 11 is 0. The number of nitrogens with zero attached hydrogens (tertiary/aromatic N) is 4. The maximum atomic E-state index is 12.3. The second kappa shape index (κ2) is 7.96. The summed E-state index contributed by atoms with van der Waals surface area (Å²) in [5, 5.41) is 6.40. The molecule has 9 heteroatoms. The van der Waals surface area contributed by atoms with E-state index in [2.05, 4.69) is 10.5 Å². The number of anilines is 1. The van der Waals surface area contributed by atoms with Crippen LogP contribution in [-0.2, 0) is 16.1 Å². The summed E-state index contributed by atoms with van der Waals surface area (Å²) in [4.78, 5) is 39.8. The van der Waals surface area contributed by atoms with E-state index in [1.807, 2.05) is 4.90 Å². The third-order valence-electron chi connectivity index (χ3n) is 4.19. The number of carbonyl (C=O) groups excluding carboxylic acids is 2. The number of pyridine rings is 1. The van der Waals surface area contributed by atoms with Gasteiger partial charge in [-0.2, -0.15) is 0 Å². The summed E-state index contributed by atoms with van der Waals surface area (Å²) < 4.78 is 6.30. The molecule has 0 radical (unpaired) electrons. The smallest absolute Gasteiger partial charge is 0.250 e. The molecule has 1 fully saturated rings. The minimum Gasteiger partial charge on any atom is -0.360 e. The van der Waals surface area contributed by atoms with Crippen molar-refractivity contribution >= 4 is 17.6 Å². The number of aromatic nitrogens is 2. The zero-order chi connectivity index (χ0) is 18.5. The van der Waals surface area contributed by atoms with Crippen molar-refractivity contribution in [3.05, 3.63) is 46.6 Å². The van der Waals surface area contributed by atoms with Crippen LogP contribution in [-0.4, -0.2) is 64.1 Å². The van der Waals surface area contributed by atoms with Gasteiger partial charge in [-0.1, -0.05) is 11.2 Å². The first-order chi connectivity index (χ1) is 12.5. The highest BCUT2D eigenvalue weighted by Gasteiger charge is 2.23. The minimum absolute atomic E-state index is 0.0334. The number of nitrogens with one attached hydrogen (secondary N) is 1. The van der Waals surface area contributed by atoms with E-state index >= 15 is 0 Å². The highest BCUT2D eigenvalue weighted by Crippen LogP contribution is 2.08. The number of piperazine rings is 1. The molecule has 3 heterocycles. The highest BCUT2D eigenvalue weighted by atomic mass is 16.5. The Morgan fingerprint density at radius 1 is 1.19 bits per heavy atom. The fourth-order valence-electron chi connectivity index (χ4n) is 2.80. The van der Waals surface area contributed by atoms with Gasteiger partial charge in [0.2, 0.25) is 11.8 Å². The van der Waals surface area contributed by atoms with Crippen molar-refractivity contribution in [2.45, 2.75) is 13.5 Å². The molecule has 0 spiro atoms. The average molecular weight is 359 g/mol. The SMILES string of the molecule is Cc1cc(NC(=O)CN2CCN(C(=O)Cn3ccccc3=O)CC2)no1. The van der Waals surface area contributed by atoms with Crippen LogP contribution in [0.15, 0.2) is 39.8 Å². The van der Waals surface area contributed by atoms with Gasteiger partial charge in [0.1, 0.15) is 12.3 Å². The molecule has 2 amide bonds. The molecule has 0 bridgehead atoms. The fraction of sp³-hybridized carbons (Fsp3) is 0.412. The van der Waals surface area contributed by atoms with Gasteiger partial charge in [-0.3, -0.25) is 19.3 Å². The highest BCUT2D eigenvalue weighted by molar-refractivity contribution is 5.91. The lowest BCUT2D eigenvalue weighted by molar-refractivity contribution is -0.133. The van der Waals surface area contributed by atoms with Crippen LogP contribution in [0, 0.1) is 6.92 Å². The van der Waals surface area contributed by atoms with Gasteiger partial charge >= 0.3 is 0 Å². The number of rotatable bonds is 5. The summed E-state index contributed by atoms with van der Waals surface area (Å²) in [5.74, 6) is 0.758. The molecule has 2 aromatic heterocycles. The van der Waals surface area contributed by atoms with Crippen molar-refractivity contribution < 1.29 is 14.1 Å². The topological polar surface area (TPSA) is 101 Å². The van der Waals surface area contributed by atoms with E-state index < -0.39 is 0 Å². The summed E-state index contributed by atoms with van der Waals surface area (Å²) in [7, 11) is 0. The molecule has 138 valence electrons. The van der Waals surface area contributed by atoms with Crippen LogP contribution < -0.4 is 10.9 Å². The molecule has 0 atom stereocenters. The molecule has 1 saturated heterocycles. The Kier molecular flexibility index (Phi) is 5.47. The van der Waals surface area contributed by atoms with Crippen molar-refractivity contribution in [1.82, 2.24) is 19.5 Å². The zero-order valence-electron chi connectivity index (χ0n) is 14.6. The van der Waals surface area contributed by atoms with E-state index in [0.29, 0.717) is 37.8 Å². The standard InChI is InChI=1S/C17H21N5O4/c1-13-10-14(19-26-13)18-15(23)11-20-6-8-21(9-7-20)17(25)12-22-5-3-2-4-16(22)24/h2-5,10H,6-9,11-12H2,1H3,(H,18,19,23). The van der Waals surface area contributed by atoms with Crippen LogP contribution in [0.2, 0.25) is 0 Å². The summed E-state index contributed by atoms with van der Waals surface area (Å²) in [5.41, 5.74) is -0.195. The molecule has 1 aliphatic rings. The molecule has 1 N–H and O–H groups in total. The van der Waals surface area contributed by atoms with Crippen LogP contribution in [0.1, 0.15) is 5.76 Å². The number of carbonyl (C=O) groups is 2. The molecule has 0 aliphatic carbocycles. The van der Waals surface area contributed by atoms with Gasteiger partial charge in [0.05, 0.1) is 6.54 Å². The van der Waals surface area contributed by atoms with Crippen molar-refractivity contribution in [2.75, 3.05) is 38.0 Å². The Morgan fingerprint density at radius 3 is 2.62 bits per heavy atom. The molecule has 1 aliphatic heterocycles.